The molecular weight excluding hydrogens is 546 g/mol. The fourth-order valence-electron chi connectivity index (χ4n) is 4.18. The minimum Gasteiger partial charge on any atom is -0.493 e. The van der Waals surface area contributed by atoms with Gasteiger partial charge in [-0.2, -0.15) is 0 Å². The SMILES string of the molecule is COc1cc(N(Cc2ccc(C)cc2)C(=O)Cn2cc(CSc3nc4ccccc4s3)nn2)cc(OC)c1OC. The lowest BCUT2D eigenvalue weighted by Crippen LogP contribution is -2.33. The molecule has 0 fully saturated rings. The fraction of sp³-hybridized carbons (Fsp3) is 0.241. The summed E-state index contributed by atoms with van der Waals surface area (Å²) in [6.45, 7) is 2.40. The quantitative estimate of drug-likeness (QED) is 0.184. The molecular formula is C29H29N5O4S2. The number of carbonyl (C=O) groups excluding carboxylic acids is 1. The van der Waals surface area contributed by atoms with Crippen LogP contribution in [-0.4, -0.2) is 47.2 Å². The number of methoxy groups -OCH3 is 3. The van der Waals surface area contributed by atoms with Crippen LogP contribution >= 0.6 is 23.1 Å². The Morgan fingerprint density at radius 2 is 1.73 bits per heavy atom. The average Bonchev–Trinajstić information content (AvgIpc) is 3.61. The fourth-order valence-corrected chi connectivity index (χ4v) is 6.12. The minimum absolute atomic E-state index is 0.0152. The van der Waals surface area contributed by atoms with E-state index in [1.165, 1.54) is 0 Å². The Balaban J connectivity index is 1.35. The van der Waals surface area contributed by atoms with Gasteiger partial charge in [-0.15, -0.1) is 16.4 Å². The molecule has 0 saturated carbocycles. The van der Waals surface area contributed by atoms with Crippen LogP contribution in [0.1, 0.15) is 16.8 Å². The number of fused-ring (bicyclic) bond motifs is 1. The van der Waals surface area contributed by atoms with Crippen LogP contribution < -0.4 is 19.1 Å². The highest BCUT2D eigenvalue weighted by atomic mass is 32.2. The topological polar surface area (TPSA) is 91.6 Å². The highest BCUT2D eigenvalue weighted by molar-refractivity contribution is 8.00. The zero-order chi connectivity index (χ0) is 28.1. The maximum atomic E-state index is 13.7. The standard InChI is InChI=1S/C29H29N5O4S2/c1-19-9-11-20(12-10-19)15-34(22-13-24(36-2)28(38-4)25(14-22)37-3)27(35)17-33-16-21(31-32-33)18-39-29-30-23-7-5-6-8-26(23)40-29/h5-14,16H,15,17-18H2,1-4H3. The van der Waals surface area contributed by atoms with E-state index in [0.717, 1.165) is 31.4 Å². The molecule has 0 bridgehead atoms. The summed E-state index contributed by atoms with van der Waals surface area (Å²) in [5, 5.41) is 8.50. The van der Waals surface area contributed by atoms with Gasteiger partial charge >= 0.3 is 0 Å². The van der Waals surface area contributed by atoms with Gasteiger partial charge in [0.05, 0.1) is 49.5 Å². The van der Waals surface area contributed by atoms with Crippen molar-refractivity contribution in [2.45, 2.75) is 30.1 Å². The normalized spacial score (nSPS) is 11.0. The van der Waals surface area contributed by atoms with Crippen LogP contribution in [0.3, 0.4) is 0 Å². The third-order valence-corrected chi connectivity index (χ3v) is 8.44. The molecule has 206 valence electrons. The third kappa shape index (κ3) is 6.21. The van der Waals surface area contributed by atoms with Crippen molar-refractivity contribution in [1.82, 2.24) is 20.0 Å². The Kier molecular flexibility index (Phi) is 8.51. The van der Waals surface area contributed by atoms with Crippen molar-refractivity contribution in [2.75, 3.05) is 26.2 Å². The summed E-state index contributed by atoms with van der Waals surface area (Å²) in [7, 11) is 4.65. The Morgan fingerprint density at radius 3 is 2.40 bits per heavy atom. The van der Waals surface area contributed by atoms with Gasteiger partial charge in [0.15, 0.2) is 15.8 Å². The molecule has 11 heteroatoms. The molecule has 0 saturated heterocycles. The average molecular weight is 576 g/mol. The summed E-state index contributed by atoms with van der Waals surface area (Å²) in [5.41, 5.74) is 4.51. The predicted octanol–water partition coefficient (Wildman–Crippen LogP) is 5.75. The van der Waals surface area contributed by atoms with Gasteiger partial charge in [0.2, 0.25) is 11.7 Å². The van der Waals surface area contributed by atoms with Gasteiger partial charge in [-0.05, 0) is 24.6 Å². The van der Waals surface area contributed by atoms with Gasteiger partial charge in [-0.25, -0.2) is 9.67 Å². The lowest BCUT2D eigenvalue weighted by atomic mass is 10.1. The Labute approximate surface area is 240 Å². The van der Waals surface area contributed by atoms with Crippen LogP contribution in [0.15, 0.2) is 71.2 Å². The number of ether oxygens (including phenoxy) is 3. The highest BCUT2D eigenvalue weighted by Crippen LogP contribution is 2.41. The van der Waals surface area contributed by atoms with Crippen molar-refractivity contribution in [1.29, 1.82) is 0 Å². The van der Waals surface area contributed by atoms with Crippen molar-refractivity contribution in [3.05, 3.63) is 83.7 Å². The summed E-state index contributed by atoms with van der Waals surface area (Å²) in [6.07, 6.45) is 1.80. The number of hydrogen-bond acceptors (Lipinski definition) is 9. The molecule has 5 aromatic rings. The predicted molar refractivity (Wildman–Crippen MR) is 158 cm³/mol. The molecule has 0 N–H and O–H groups in total. The van der Waals surface area contributed by atoms with Gasteiger partial charge in [-0.3, -0.25) is 4.79 Å². The summed E-state index contributed by atoms with van der Waals surface area (Å²) >= 11 is 3.26. The van der Waals surface area contributed by atoms with Gasteiger partial charge < -0.3 is 19.1 Å². The molecule has 2 aromatic heterocycles. The van der Waals surface area contributed by atoms with E-state index < -0.39 is 0 Å². The van der Waals surface area contributed by atoms with Crippen LogP contribution in [0.5, 0.6) is 17.2 Å². The lowest BCUT2D eigenvalue weighted by molar-refractivity contribution is -0.119. The van der Waals surface area contributed by atoms with E-state index in [9.17, 15) is 4.79 Å². The van der Waals surface area contributed by atoms with Gasteiger partial charge in [0.1, 0.15) is 6.54 Å². The summed E-state index contributed by atoms with van der Waals surface area (Å²) < 4.78 is 20.2. The molecule has 9 nitrogen and oxygen atoms in total. The molecule has 0 aliphatic carbocycles. The Bertz CT molecular complexity index is 1560. The number of benzene rings is 3. The van der Waals surface area contributed by atoms with Gasteiger partial charge in [0.25, 0.3) is 0 Å². The monoisotopic (exact) mass is 575 g/mol. The molecule has 0 unspecified atom stereocenters. The van der Waals surface area contributed by atoms with Crippen LogP contribution in [0.4, 0.5) is 5.69 Å². The zero-order valence-corrected chi connectivity index (χ0v) is 24.3. The first-order chi connectivity index (χ1) is 19.5. The highest BCUT2D eigenvalue weighted by Gasteiger charge is 2.22. The summed E-state index contributed by atoms with van der Waals surface area (Å²) in [4.78, 5) is 20.1. The Hall–Kier alpha value is -4.09. The van der Waals surface area contributed by atoms with E-state index >= 15 is 0 Å². The number of aromatic nitrogens is 4. The maximum absolute atomic E-state index is 13.7. The van der Waals surface area contributed by atoms with Crippen molar-refractivity contribution >= 4 is 44.9 Å². The number of amides is 1. The number of thioether (sulfide) groups is 1. The molecule has 5 rings (SSSR count). The largest absolute Gasteiger partial charge is 0.493 e. The number of carbonyl (C=O) groups is 1. The first-order valence-electron chi connectivity index (χ1n) is 12.5. The lowest BCUT2D eigenvalue weighted by Gasteiger charge is -2.25. The van der Waals surface area contributed by atoms with E-state index in [2.05, 4.69) is 21.4 Å². The zero-order valence-electron chi connectivity index (χ0n) is 22.7. The number of hydrogen-bond donors (Lipinski definition) is 0. The second-order valence-electron chi connectivity index (χ2n) is 8.99. The first kappa shape index (κ1) is 27.5. The summed E-state index contributed by atoms with van der Waals surface area (Å²) in [6, 6.07) is 19.7. The van der Waals surface area contributed by atoms with E-state index in [1.54, 1.807) is 72.3 Å². The number of nitrogens with zero attached hydrogens (tertiary/aromatic N) is 5. The Morgan fingerprint density at radius 1 is 1.00 bits per heavy atom. The van der Waals surface area contributed by atoms with E-state index in [0.29, 0.717) is 35.2 Å². The van der Waals surface area contributed by atoms with Gasteiger partial charge in [0, 0.05) is 24.1 Å². The van der Waals surface area contributed by atoms with E-state index in [4.69, 9.17) is 14.2 Å². The third-order valence-electron chi connectivity index (χ3n) is 6.22. The van der Waals surface area contributed by atoms with Crippen LogP contribution in [0.25, 0.3) is 10.2 Å². The molecule has 2 heterocycles. The van der Waals surface area contributed by atoms with Crippen molar-refractivity contribution in [3.63, 3.8) is 0 Å². The molecule has 0 spiro atoms. The van der Waals surface area contributed by atoms with Crippen molar-refractivity contribution in [3.8, 4) is 17.2 Å². The van der Waals surface area contributed by atoms with Crippen molar-refractivity contribution in [2.24, 2.45) is 0 Å². The molecule has 0 radical (unpaired) electrons. The summed E-state index contributed by atoms with van der Waals surface area (Å²) in [5.74, 6) is 1.84. The molecule has 40 heavy (non-hydrogen) atoms. The van der Waals surface area contributed by atoms with Gasteiger partial charge in [-0.1, -0.05) is 58.9 Å². The molecule has 3 aromatic carbocycles. The minimum atomic E-state index is -0.162. The van der Waals surface area contributed by atoms with E-state index in [1.807, 2.05) is 49.4 Å². The van der Waals surface area contributed by atoms with Crippen LogP contribution in [0, 0.1) is 6.92 Å². The molecule has 0 aliphatic rings. The smallest absolute Gasteiger partial charge is 0.249 e. The van der Waals surface area contributed by atoms with E-state index in [-0.39, 0.29) is 12.5 Å². The number of anilines is 1. The second-order valence-corrected chi connectivity index (χ2v) is 11.2. The maximum Gasteiger partial charge on any atom is 0.249 e. The number of thiazole rings is 1. The molecule has 1 amide bonds. The first-order valence-corrected chi connectivity index (χ1v) is 14.3. The number of para-hydroxylation sites is 1. The molecule has 0 aliphatic heterocycles. The van der Waals surface area contributed by atoms with Crippen LogP contribution in [-0.2, 0) is 23.6 Å². The van der Waals surface area contributed by atoms with Crippen molar-refractivity contribution < 1.29 is 19.0 Å². The second kappa shape index (κ2) is 12.4. The number of rotatable bonds is 11. The van der Waals surface area contributed by atoms with Crippen LogP contribution in [0.2, 0.25) is 0 Å². The molecule has 0 atom stereocenters. The number of aryl methyl sites for hydroxylation is 1.